The van der Waals surface area contributed by atoms with Crippen LogP contribution in [-0.4, -0.2) is 54.4 Å². The summed E-state index contributed by atoms with van der Waals surface area (Å²) >= 11 is 0. The summed E-state index contributed by atoms with van der Waals surface area (Å²) in [6, 6.07) is 0. The van der Waals surface area contributed by atoms with Crippen molar-refractivity contribution in [3.05, 3.63) is 11.1 Å². The second-order valence-electron chi connectivity index (χ2n) is 20.1. The highest BCUT2D eigenvalue weighted by Gasteiger charge is 2.66. The first kappa shape index (κ1) is 35.8. The second-order valence-corrected chi connectivity index (χ2v) is 20.1. The van der Waals surface area contributed by atoms with E-state index in [1.54, 1.807) is 5.57 Å². The molecule has 0 spiro atoms. The van der Waals surface area contributed by atoms with Crippen molar-refractivity contribution in [3.8, 4) is 0 Å². The van der Waals surface area contributed by atoms with E-state index >= 15 is 0 Å². The SMILES string of the molecule is CC(C)C1=C2C3CCC4C(C)(CCC5C(C)(C)C(CC(=O)C6CC(C(=O)O)C6C)CCC54C)C3CCC2(CCNCC2(N)CNC2)CC1=O. The zero-order chi connectivity index (χ0) is 35.3. The maximum absolute atomic E-state index is 13.9. The Hall–Kier alpha value is -1.57. The quantitative estimate of drug-likeness (QED) is 0.188. The van der Waals surface area contributed by atoms with Crippen molar-refractivity contribution in [2.75, 3.05) is 26.2 Å². The molecule has 1 saturated heterocycles. The first-order valence-corrected chi connectivity index (χ1v) is 20.2. The molecule has 0 bridgehead atoms. The third-order valence-corrected chi connectivity index (χ3v) is 17.2. The number of allylic oxidation sites excluding steroid dienone is 2. The first-order chi connectivity index (χ1) is 23.0. The highest BCUT2D eigenvalue weighted by molar-refractivity contribution is 6.00. The predicted molar refractivity (Wildman–Crippen MR) is 194 cm³/mol. The molecule has 7 heteroatoms. The van der Waals surface area contributed by atoms with Crippen molar-refractivity contribution in [3.63, 3.8) is 0 Å². The van der Waals surface area contributed by atoms with E-state index in [0.29, 0.717) is 60.4 Å². The Labute approximate surface area is 296 Å². The van der Waals surface area contributed by atoms with Crippen LogP contribution in [0.15, 0.2) is 11.1 Å². The van der Waals surface area contributed by atoms with Crippen LogP contribution < -0.4 is 16.4 Å². The van der Waals surface area contributed by atoms with Crippen LogP contribution in [0.1, 0.15) is 126 Å². The number of nitrogens with one attached hydrogen (secondary N) is 2. The lowest BCUT2D eigenvalue weighted by molar-refractivity contribution is -0.193. The molecule has 274 valence electrons. The van der Waals surface area contributed by atoms with Crippen molar-refractivity contribution in [2.45, 2.75) is 131 Å². The fourth-order valence-electron chi connectivity index (χ4n) is 14.4. The van der Waals surface area contributed by atoms with Gasteiger partial charge in [-0.25, -0.2) is 0 Å². The fourth-order valence-corrected chi connectivity index (χ4v) is 14.4. The molecule has 1 aliphatic heterocycles. The number of fused-ring (bicyclic) bond motifs is 7. The molecule has 11 unspecified atom stereocenters. The van der Waals surface area contributed by atoms with Crippen LogP contribution in [0.4, 0.5) is 0 Å². The van der Waals surface area contributed by atoms with E-state index in [4.69, 9.17) is 5.73 Å². The molecule has 0 aromatic carbocycles. The number of carbonyl (C=O) groups is 3. The Balaban J connectivity index is 1.09. The molecule has 11 atom stereocenters. The molecule has 6 fully saturated rings. The Morgan fingerprint density at radius 3 is 2.31 bits per heavy atom. The summed E-state index contributed by atoms with van der Waals surface area (Å²) in [4.78, 5) is 39.0. The normalized spacial score (nSPS) is 45.0. The lowest BCUT2D eigenvalue weighted by atomic mass is 9.35. The number of carbonyl (C=O) groups excluding carboxylic acids is 2. The van der Waals surface area contributed by atoms with E-state index in [9.17, 15) is 19.5 Å². The largest absolute Gasteiger partial charge is 0.481 e. The predicted octanol–water partition coefficient (Wildman–Crippen LogP) is 6.79. The molecule has 5 N–H and O–H groups in total. The highest BCUT2D eigenvalue weighted by atomic mass is 16.4. The Kier molecular flexibility index (Phi) is 8.96. The van der Waals surface area contributed by atoms with Crippen molar-refractivity contribution >= 4 is 17.5 Å². The highest BCUT2D eigenvalue weighted by Crippen LogP contribution is 2.74. The van der Waals surface area contributed by atoms with Gasteiger partial charge in [0.05, 0.1) is 11.5 Å². The zero-order valence-electron chi connectivity index (χ0n) is 31.8. The Morgan fingerprint density at radius 1 is 0.959 bits per heavy atom. The van der Waals surface area contributed by atoms with E-state index in [-0.39, 0.29) is 50.9 Å². The van der Waals surface area contributed by atoms with E-state index in [1.165, 1.54) is 44.1 Å². The summed E-state index contributed by atoms with van der Waals surface area (Å²) in [5, 5.41) is 16.5. The van der Waals surface area contributed by atoms with Gasteiger partial charge in [0.15, 0.2) is 5.78 Å². The fraction of sp³-hybridized carbons (Fsp3) is 0.881. The number of hydrogen-bond donors (Lipinski definition) is 4. The van der Waals surface area contributed by atoms with E-state index in [0.717, 1.165) is 45.4 Å². The van der Waals surface area contributed by atoms with Gasteiger partial charge < -0.3 is 21.5 Å². The standard InChI is InChI=1S/C42H67N3O4/c1-24(2)35-32(47)20-41(16-17-44-21-42(43)22-45-23-42)15-11-30-27(36(35)41)8-9-34-39(30,6)14-12-33-38(4,5)26(10-13-40(33,34)7)18-31(46)28-19-29(25(28)3)37(48)49/h24-30,33-34,44-45H,8-23,43H2,1-7H3,(H,48,49). The Morgan fingerprint density at radius 2 is 1.67 bits per heavy atom. The van der Waals surface area contributed by atoms with Crippen LogP contribution in [0, 0.1) is 74.9 Å². The smallest absolute Gasteiger partial charge is 0.306 e. The monoisotopic (exact) mass is 678 g/mol. The van der Waals surface area contributed by atoms with Crippen LogP contribution in [0.5, 0.6) is 0 Å². The van der Waals surface area contributed by atoms with Crippen molar-refractivity contribution in [1.82, 2.24) is 10.6 Å². The van der Waals surface area contributed by atoms with Gasteiger partial charge in [-0.05, 0) is 134 Å². The molecule has 6 aliphatic carbocycles. The molecule has 0 aromatic heterocycles. The second kappa shape index (κ2) is 12.3. The topological polar surface area (TPSA) is 122 Å². The number of rotatable bonds is 10. The molecule has 5 saturated carbocycles. The minimum Gasteiger partial charge on any atom is -0.481 e. The minimum atomic E-state index is -0.746. The molecule has 0 amide bonds. The van der Waals surface area contributed by atoms with Crippen LogP contribution >= 0.6 is 0 Å². The molecule has 0 radical (unpaired) electrons. The summed E-state index contributed by atoms with van der Waals surface area (Å²) in [5.41, 5.74) is 9.77. The number of aliphatic carboxylic acids is 1. The molecule has 1 heterocycles. The van der Waals surface area contributed by atoms with E-state index < -0.39 is 5.97 Å². The third-order valence-electron chi connectivity index (χ3n) is 17.2. The number of ketones is 2. The van der Waals surface area contributed by atoms with Gasteiger partial charge in [0, 0.05) is 43.8 Å². The molecule has 49 heavy (non-hydrogen) atoms. The van der Waals surface area contributed by atoms with Gasteiger partial charge in [0.1, 0.15) is 5.78 Å². The molecular formula is C42H67N3O4. The first-order valence-electron chi connectivity index (χ1n) is 20.2. The summed E-state index contributed by atoms with van der Waals surface area (Å²) in [6.45, 7) is 20.2. The zero-order valence-corrected chi connectivity index (χ0v) is 31.8. The van der Waals surface area contributed by atoms with Crippen LogP contribution in [0.3, 0.4) is 0 Å². The van der Waals surface area contributed by atoms with Gasteiger partial charge in [-0.3, -0.25) is 14.4 Å². The van der Waals surface area contributed by atoms with Gasteiger partial charge in [0.2, 0.25) is 0 Å². The van der Waals surface area contributed by atoms with Gasteiger partial charge in [0.25, 0.3) is 0 Å². The van der Waals surface area contributed by atoms with Gasteiger partial charge in [-0.2, -0.15) is 0 Å². The summed E-state index contributed by atoms with van der Waals surface area (Å²) in [7, 11) is 0. The van der Waals surface area contributed by atoms with Crippen molar-refractivity contribution in [1.29, 1.82) is 0 Å². The average Bonchev–Trinajstić information content (AvgIpc) is 3.31. The number of carboxylic acids is 1. The number of carboxylic acid groups (broad SMARTS) is 1. The molecule has 7 nitrogen and oxygen atoms in total. The lowest BCUT2D eigenvalue weighted by Gasteiger charge is -2.69. The van der Waals surface area contributed by atoms with Crippen molar-refractivity contribution < 1.29 is 19.5 Å². The summed E-state index contributed by atoms with van der Waals surface area (Å²) < 4.78 is 0. The molecule has 0 aromatic rings. The van der Waals surface area contributed by atoms with Crippen LogP contribution in [-0.2, 0) is 14.4 Å². The maximum atomic E-state index is 13.9. The Bertz CT molecular complexity index is 1400. The van der Waals surface area contributed by atoms with E-state index in [1.807, 2.05) is 6.92 Å². The molecule has 7 aliphatic rings. The maximum Gasteiger partial charge on any atom is 0.306 e. The van der Waals surface area contributed by atoms with Crippen LogP contribution in [0.2, 0.25) is 0 Å². The number of nitrogens with two attached hydrogens (primary N) is 1. The van der Waals surface area contributed by atoms with Gasteiger partial charge >= 0.3 is 5.97 Å². The number of Topliss-reactive ketones (excluding diaryl/α,β-unsaturated/α-hetero) is 2. The van der Waals surface area contributed by atoms with Gasteiger partial charge in [-0.1, -0.05) is 54.0 Å². The van der Waals surface area contributed by atoms with E-state index in [2.05, 4.69) is 52.2 Å². The number of hydrogen-bond acceptors (Lipinski definition) is 6. The van der Waals surface area contributed by atoms with Crippen molar-refractivity contribution in [2.24, 2.45) is 80.7 Å². The average molecular weight is 678 g/mol. The van der Waals surface area contributed by atoms with Gasteiger partial charge in [-0.15, -0.1) is 0 Å². The summed E-state index contributed by atoms with van der Waals surface area (Å²) in [6.07, 6.45) is 12.5. The lowest BCUT2D eigenvalue weighted by Crippen LogP contribution is -2.69. The third kappa shape index (κ3) is 5.47. The molecular weight excluding hydrogens is 610 g/mol. The minimum absolute atomic E-state index is 0.0176. The van der Waals surface area contributed by atoms with Crippen LogP contribution in [0.25, 0.3) is 0 Å². The molecule has 7 rings (SSSR count). The summed E-state index contributed by atoms with van der Waals surface area (Å²) in [5.74, 6) is 2.61.